The zero-order valence-corrected chi connectivity index (χ0v) is 15.0. The zero-order valence-electron chi connectivity index (χ0n) is 14.1. The lowest BCUT2D eigenvalue weighted by Gasteiger charge is -2.27. The molecule has 1 N–H and O–H groups in total. The Balaban J connectivity index is 1.95. The first kappa shape index (κ1) is 19.2. The summed E-state index contributed by atoms with van der Waals surface area (Å²) in [6.07, 6.45) is 1.03. The fraction of sp³-hybridized carbons (Fsp3) is 0.500. The molecule has 1 saturated heterocycles. The number of carbonyl (C=O) groups excluding carboxylic acids is 1. The summed E-state index contributed by atoms with van der Waals surface area (Å²) < 4.78 is 30.3. The number of hydrogen-bond acceptors (Lipinski definition) is 6. The van der Waals surface area contributed by atoms with Crippen LogP contribution in [0, 0.1) is 11.3 Å². The van der Waals surface area contributed by atoms with E-state index < -0.39 is 10.0 Å². The number of ether oxygens (including phenoxy) is 1. The first-order valence-electron chi connectivity index (χ1n) is 7.95. The van der Waals surface area contributed by atoms with Crippen molar-refractivity contribution in [3.8, 4) is 6.07 Å². The molecule has 0 atom stereocenters. The van der Waals surface area contributed by atoms with Crippen LogP contribution in [0.15, 0.2) is 24.3 Å². The van der Waals surface area contributed by atoms with E-state index in [0.29, 0.717) is 37.6 Å². The average Bonchev–Trinajstić information content (AvgIpc) is 2.59. The van der Waals surface area contributed by atoms with E-state index in [2.05, 4.69) is 10.2 Å². The van der Waals surface area contributed by atoms with Gasteiger partial charge in [0.15, 0.2) is 0 Å². The molecule has 0 bridgehead atoms. The lowest BCUT2D eigenvalue weighted by atomic mass is 10.2. The molecule has 1 aromatic rings. The van der Waals surface area contributed by atoms with Gasteiger partial charge in [-0.25, -0.2) is 8.42 Å². The number of nitrogens with one attached hydrogen (secondary N) is 1. The Morgan fingerprint density at radius 2 is 2.12 bits per heavy atom. The van der Waals surface area contributed by atoms with Crippen LogP contribution in [0.1, 0.15) is 5.56 Å². The van der Waals surface area contributed by atoms with Crippen molar-refractivity contribution < 1.29 is 17.9 Å². The molecule has 1 amide bonds. The molecule has 0 saturated carbocycles. The number of hydrogen-bond donors (Lipinski definition) is 1. The number of amides is 1. The molecule has 0 radical (unpaired) electrons. The predicted octanol–water partition coefficient (Wildman–Crippen LogP) is -0.227. The smallest absolute Gasteiger partial charge is 0.240 e. The third kappa shape index (κ3) is 6.01. The molecular formula is C16H22N4O4S. The Kier molecular flexibility index (Phi) is 6.75. The van der Waals surface area contributed by atoms with Crippen LogP contribution in [-0.4, -0.2) is 71.4 Å². The summed E-state index contributed by atoms with van der Waals surface area (Å²) in [5.41, 5.74) is 0.628. The van der Waals surface area contributed by atoms with E-state index in [-0.39, 0.29) is 12.5 Å². The van der Waals surface area contributed by atoms with E-state index >= 15 is 0 Å². The fourth-order valence-electron chi connectivity index (χ4n) is 2.50. The number of nitriles is 1. The minimum absolute atomic E-state index is 0.296. The molecule has 0 aliphatic carbocycles. The lowest BCUT2D eigenvalue weighted by molar-refractivity contribution is -0.119. The summed E-state index contributed by atoms with van der Waals surface area (Å²) in [6, 6.07) is 8.13. The molecule has 2 rings (SSSR count). The van der Waals surface area contributed by atoms with E-state index in [4.69, 9.17) is 10.00 Å². The van der Waals surface area contributed by atoms with Crippen LogP contribution in [0.2, 0.25) is 0 Å². The summed E-state index contributed by atoms with van der Waals surface area (Å²) >= 11 is 0. The standard InChI is InChI=1S/C16H22N4O4S/c1-25(22,23)20(15-4-2-3-14(11-15)12-17)13-16(21)18-5-6-19-7-9-24-10-8-19/h2-4,11H,5-10,13H2,1H3,(H,18,21). The topological polar surface area (TPSA) is 103 Å². The van der Waals surface area contributed by atoms with Crippen molar-refractivity contribution in [2.75, 3.05) is 56.5 Å². The second-order valence-corrected chi connectivity index (χ2v) is 7.64. The monoisotopic (exact) mass is 366 g/mol. The molecule has 136 valence electrons. The van der Waals surface area contributed by atoms with Crippen LogP contribution in [0.4, 0.5) is 5.69 Å². The number of carbonyl (C=O) groups is 1. The minimum atomic E-state index is -3.65. The molecule has 25 heavy (non-hydrogen) atoms. The van der Waals surface area contributed by atoms with Gasteiger partial charge in [0.2, 0.25) is 15.9 Å². The highest BCUT2D eigenvalue weighted by Crippen LogP contribution is 2.18. The molecule has 1 aromatic carbocycles. The van der Waals surface area contributed by atoms with Gasteiger partial charge >= 0.3 is 0 Å². The van der Waals surface area contributed by atoms with Crippen molar-refractivity contribution in [3.63, 3.8) is 0 Å². The van der Waals surface area contributed by atoms with E-state index in [1.54, 1.807) is 18.2 Å². The van der Waals surface area contributed by atoms with Crippen LogP contribution >= 0.6 is 0 Å². The summed E-state index contributed by atoms with van der Waals surface area (Å²) in [5.74, 6) is -0.388. The maximum Gasteiger partial charge on any atom is 0.240 e. The van der Waals surface area contributed by atoms with E-state index in [0.717, 1.165) is 23.7 Å². The summed E-state index contributed by atoms with van der Waals surface area (Å²) in [4.78, 5) is 14.3. The van der Waals surface area contributed by atoms with Crippen LogP contribution in [0.3, 0.4) is 0 Å². The molecule has 0 spiro atoms. The van der Waals surface area contributed by atoms with Gasteiger partial charge in [0.1, 0.15) is 6.54 Å². The van der Waals surface area contributed by atoms with Crippen LogP contribution in [-0.2, 0) is 19.6 Å². The third-order valence-electron chi connectivity index (χ3n) is 3.80. The quantitative estimate of drug-likeness (QED) is 0.715. The highest BCUT2D eigenvalue weighted by Gasteiger charge is 2.21. The number of rotatable bonds is 7. The normalized spacial score (nSPS) is 15.4. The maximum atomic E-state index is 12.1. The van der Waals surface area contributed by atoms with Gasteiger partial charge in [-0.05, 0) is 18.2 Å². The van der Waals surface area contributed by atoms with E-state index in [9.17, 15) is 13.2 Å². The van der Waals surface area contributed by atoms with Crippen molar-refractivity contribution >= 4 is 21.6 Å². The zero-order chi connectivity index (χ0) is 18.3. The largest absolute Gasteiger partial charge is 0.379 e. The fourth-order valence-corrected chi connectivity index (χ4v) is 3.34. The van der Waals surface area contributed by atoms with Gasteiger partial charge in [-0.2, -0.15) is 5.26 Å². The second-order valence-electron chi connectivity index (χ2n) is 5.74. The number of benzene rings is 1. The number of morpholine rings is 1. The first-order chi connectivity index (χ1) is 11.9. The van der Waals surface area contributed by atoms with Gasteiger partial charge < -0.3 is 10.1 Å². The lowest BCUT2D eigenvalue weighted by Crippen LogP contribution is -2.44. The van der Waals surface area contributed by atoms with E-state index in [1.165, 1.54) is 6.07 Å². The molecule has 1 aliphatic heterocycles. The van der Waals surface area contributed by atoms with Crippen molar-refractivity contribution in [1.29, 1.82) is 5.26 Å². The first-order valence-corrected chi connectivity index (χ1v) is 9.79. The van der Waals surface area contributed by atoms with Crippen molar-refractivity contribution in [1.82, 2.24) is 10.2 Å². The van der Waals surface area contributed by atoms with Gasteiger partial charge in [-0.1, -0.05) is 6.07 Å². The van der Waals surface area contributed by atoms with Crippen LogP contribution in [0.5, 0.6) is 0 Å². The minimum Gasteiger partial charge on any atom is -0.379 e. The number of anilines is 1. The highest BCUT2D eigenvalue weighted by molar-refractivity contribution is 7.92. The maximum absolute atomic E-state index is 12.1. The molecule has 1 aliphatic rings. The van der Waals surface area contributed by atoms with Gasteiger partial charge in [0.25, 0.3) is 0 Å². The Labute approximate surface area is 148 Å². The highest BCUT2D eigenvalue weighted by atomic mass is 32.2. The molecule has 1 heterocycles. The van der Waals surface area contributed by atoms with Crippen LogP contribution in [0.25, 0.3) is 0 Å². The Morgan fingerprint density at radius 3 is 2.76 bits per heavy atom. The molecule has 9 heteroatoms. The summed E-state index contributed by atoms with van der Waals surface area (Å²) in [7, 11) is -3.65. The molecule has 8 nitrogen and oxygen atoms in total. The van der Waals surface area contributed by atoms with Gasteiger partial charge in [-0.15, -0.1) is 0 Å². The van der Waals surface area contributed by atoms with E-state index in [1.807, 2.05) is 6.07 Å². The molecule has 1 fully saturated rings. The van der Waals surface area contributed by atoms with Gasteiger partial charge in [-0.3, -0.25) is 14.0 Å². The van der Waals surface area contributed by atoms with Crippen LogP contribution < -0.4 is 9.62 Å². The molecular weight excluding hydrogens is 344 g/mol. The summed E-state index contributed by atoms with van der Waals surface area (Å²) in [5, 5.41) is 11.7. The Hall–Kier alpha value is -2.15. The predicted molar refractivity (Wildman–Crippen MR) is 93.6 cm³/mol. The summed E-state index contributed by atoms with van der Waals surface area (Å²) in [6.45, 7) is 3.83. The SMILES string of the molecule is CS(=O)(=O)N(CC(=O)NCCN1CCOCC1)c1cccc(C#N)c1. The Morgan fingerprint density at radius 1 is 1.40 bits per heavy atom. The average molecular weight is 366 g/mol. The third-order valence-corrected chi connectivity index (χ3v) is 4.95. The van der Waals surface area contributed by atoms with Crippen molar-refractivity contribution in [2.45, 2.75) is 0 Å². The van der Waals surface area contributed by atoms with Gasteiger partial charge in [0, 0.05) is 26.2 Å². The second kappa shape index (κ2) is 8.80. The number of nitrogens with zero attached hydrogens (tertiary/aromatic N) is 3. The van der Waals surface area contributed by atoms with Crippen molar-refractivity contribution in [2.24, 2.45) is 0 Å². The molecule has 0 unspecified atom stereocenters. The Bertz CT molecular complexity index is 739. The number of sulfonamides is 1. The molecule has 0 aromatic heterocycles. The van der Waals surface area contributed by atoms with Gasteiger partial charge in [0.05, 0.1) is 36.8 Å². The van der Waals surface area contributed by atoms with Crippen molar-refractivity contribution in [3.05, 3.63) is 29.8 Å².